The molecule has 0 bridgehead atoms. The van der Waals surface area contributed by atoms with E-state index < -0.39 is 0 Å². The molecule has 1 aromatic carbocycles. The van der Waals surface area contributed by atoms with E-state index in [1.807, 2.05) is 12.1 Å². The highest BCUT2D eigenvalue weighted by Gasteiger charge is 2.33. The number of ether oxygens (including phenoxy) is 2. The molecule has 5 rings (SSSR count). The van der Waals surface area contributed by atoms with E-state index >= 15 is 0 Å². The highest BCUT2D eigenvalue weighted by molar-refractivity contribution is 6.24. The number of rotatable bonds is 8. The van der Waals surface area contributed by atoms with E-state index in [9.17, 15) is 9.59 Å². The lowest BCUT2D eigenvalue weighted by molar-refractivity contribution is -0.122. The number of benzene rings is 1. The summed E-state index contributed by atoms with van der Waals surface area (Å²) in [5, 5.41) is 6.05. The molecular weight excluding hydrogens is 498 g/mol. The van der Waals surface area contributed by atoms with Crippen LogP contribution in [0.4, 0.5) is 11.4 Å². The Labute approximate surface area is 228 Å². The SMILES string of the molecule is CC1(C)Cc2cc(NC(=O)/C(=C/N)c3ncccn3)c(N3CCN(CC(=O)NCC4CCCO4)CC3)cc2O1. The number of aromatic nitrogens is 2. The van der Waals surface area contributed by atoms with Crippen LogP contribution in [0.15, 0.2) is 36.8 Å². The van der Waals surface area contributed by atoms with Crippen LogP contribution in [0.2, 0.25) is 0 Å². The summed E-state index contributed by atoms with van der Waals surface area (Å²) in [6.07, 6.45) is 7.30. The van der Waals surface area contributed by atoms with E-state index in [2.05, 4.69) is 44.2 Å². The maximum atomic E-state index is 13.3. The van der Waals surface area contributed by atoms with Crippen LogP contribution in [0.5, 0.6) is 5.75 Å². The molecule has 4 heterocycles. The molecule has 2 fully saturated rings. The molecule has 208 valence electrons. The molecule has 3 aliphatic rings. The number of fused-ring (bicyclic) bond motifs is 1. The summed E-state index contributed by atoms with van der Waals surface area (Å²) in [7, 11) is 0. The molecule has 3 aliphatic heterocycles. The number of carbonyl (C=O) groups is 2. The zero-order valence-corrected chi connectivity index (χ0v) is 22.6. The third-order valence-electron chi connectivity index (χ3n) is 7.28. The topological polar surface area (TPSA) is 135 Å². The van der Waals surface area contributed by atoms with Crippen LogP contribution in [0, 0.1) is 0 Å². The van der Waals surface area contributed by atoms with Crippen LogP contribution in [0.1, 0.15) is 38.1 Å². The highest BCUT2D eigenvalue weighted by Crippen LogP contribution is 2.42. The molecular formula is C28H37N7O4. The van der Waals surface area contributed by atoms with Crippen molar-refractivity contribution in [2.45, 2.75) is 44.8 Å². The monoisotopic (exact) mass is 535 g/mol. The molecule has 0 radical (unpaired) electrons. The van der Waals surface area contributed by atoms with Crippen molar-refractivity contribution < 1.29 is 19.1 Å². The molecule has 39 heavy (non-hydrogen) atoms. The van der Waals surface area contributed by atoms with Crippen molar-refractivity contribution in [3.63, 3.8) is 0 Å². The van der Waals surface area contributed by atoms with E-state index in [-0.39, 0.29) is 34.9 Å². The second kappa shape index (κ2) is 11.6. The fourth-order valence-corrected chi connectivity index (χ4v) is 5.32. The Morgan fingerprint density at radius 2 is 1.95 bits per heavy atom. The number of carbonyl (C=O) groups excluding carboxylic acids is 2. The summed E-state index contributed by atoms with van der Waals surface area (Å²) in [4.78, 5) is 38.5. The number of piperazine rings is 1. The minimum Gasteiger partial charge on any atom is -0.487 e. The standard InChI is InChI=1S/C28H37N7O4/c1-28(2)15-19-13-22(33-27(37)21(16-29)26-30-6-4-7-31-26)23(14-24(19)39-28)35-10-8-34(9-11-35)18-25(36)32-17-20-5-3-12-38-20/h4,6-7,13-14,16,20H,3,5,8-12,15,17-18,29H2,1-2H3,(H,32,36)(H,33,37)/b21-16+. The smallest absolute Gasteiger partial charge is 0.261 e. The first-order valence-corrected chi connectivity index (χ1v) is 13.5. The maximum absolute atomic E-state index is 13.3. The first kappa shape index (κ1) is 26.9. The van der Waals surface area contributed by atoms with Gasteiger partial charge in [-0.25, -0.2) is 9.97 Å². The quantitative estimate of drug-likeness (QED) is 0.430. The fraction of sp³-hybridized carbons (Fsp3) is 0.500. The van der Waals surface area contributed by atoms with Crippen LogP contribution < -0.4 is 26.0 Å². The number of anilines is 2. The fourth-order valence-electron chi connectivity index (χ4n) is 5.32. The number of amides is 2. The van der Waals surface area contributed by atoms with Gasteiger partial charge in [0.1, 0.15) is 11.4 Å². The molecule has 1 atom stereocenters. The minimum absolute atomic E-state index is 0.0179. The molecule has 4 N–H and O–H groups in total. The van der Waals surface area contributed by atoms with Gasteiger partial charge in [0.15, 0.2) is 5.82 Å². The van der Waals surface area contributed by atoms with Gasteiger partial charge in [-0.3, -0.25) is 14.5 Å². The third-order valence-corrected chi connectivity index (χ3v) is 7.28. The number of hydrogen-bond acceptors (Lipinski definition) is 9. The molecule has 1 unspecified atom stereocenters. The lowest BCUT2D eigenvalue weighted by Crippen LogP contribution is -2.50. The second-order valence-corrected chi connectivity index (χ2v) is 10.8. The molecule has 0 saturated carbocycles. The van der Waals surface area contributed by atoms with Gasteiger partial charge in [0.05, 0.1) is 29.6 Å². The van der Waals surface area contributed by atoms with Crippen LogP contribution in [0.3, 0.4) is 0 Å². The predicted molar refractivity (Wildman–Crippen MR) is 148 cm³/mol. The van der Waals surface area contributed by atoms with Gasteiger partial charge in [-0.05, 0) is 38.8 Å². The maximum Gasteiger partial charge on any atom is 0.261 e. The first-order chi connectivity index (χ1) is 18.8. The summed E-state index contributed by atoms with van der Waals surface area (Å²) < 4.78 is 11.8. The van der Waals surface area contributed by atoms with Gasteiger partial charge in [0.25, 0.3) is 5.91 Å². The number of nitrogens with two attached hydrogens (primary N) is 1. The van der Waals surface area contributed by atoms with Crippen molar-refractivity contribution in [2.75, 3.05) is 56.1 Å². The molecule has 0 aliphatic carbocycles. The van der Waals surface area contributed by atoms with Crippen LogP contribution in [-0.2, 0) is 20.7 Å². The second-order valence-electron chi connectivity index (χ2n) is 10.8. The van der Waals surface area contributed by atoms with Gasteiger partial charge >= 0.3 is 0 Å². The van der Waals surface area contributed by atoms with Crippen molar-refractivity contribution in [2.24, 2.45) is 5.73 Å². The molecule has 2 aromatic rings. The molecule has 11 nitrogen and oxygen atoms in total. The van der Waals surface area contributed by atoms with Gasteiger partial charge in [-0.1, -0.05) is 0 Å². The zero-order valence-electron chi connectivity index (χ0n) is 22.6. The third kappa shape index (κ3) is 6.48. The Morgan fingerprint density at radius 3 is 2.64 bits per heavy atom. The Hall–Kier alpha value is -3.70. The van der Waals surface area contributed by atoms with Crippen LogP contribution in [-0.4, -0.2) is 84.3 Å². The number of nitrogens with one attached hydrogen (secondary N) is 2. The summed E-state index contributed by atoms with van der Waals surface area (Å²) in [6, 6.07) is 5.68. The average molecular weight is 536 g/mol. The molecule has 2 amide bonds. The number of nitrogens with zero attached hydrogens (tertiary/aromatic N) is 4. The van der Waals surface area contributed by atoms with Gasteiger partial charge in [0.2, 0.25) is 5.91 Å². The van der Waals surface area contributed by atoms with Crippen LogP contribution in [0.25, 0.3) is 5.57 Å². The van der Waals surface area contributed by atoms with Gasteiger partial charge < -0.3 is 30.7 Å². The Balaban J connectivity index is 1.27. The van der Waals surface area contributed by atoms with Crippen molar-refractivity contribution in [1.29, 1.82) is 0 Å². The molecule has 0 spiro atoms. The minimum atomic E-state index is -0.385. The van der Waals surface area contributed by atoms with Crippen molar-refractivity contribution in [3.8, 4) is 5.75 Å². The highest BCUT2D eigenvalue weighted by atomic mass is 16.5. The van der Waals surface area contributed by atoms with Gasteiger partial charge in [0, 0.05) is 76.0 Å². The van der Waals surface area contributed by atoms with E-state index in [4.69, 9.17) is 15.2 Å². The van der Waals surface area contributed by atoms with Gasteiger partial charge in [-0.2, -0.15) is 0 Å². The molecule has 2 saturated heterocycles. The normalized spacial score (nSPS) is 20.8. The Morgan fingerprint density at radius 1 is 1.18 bits per heavy atom. The first-order valence-electron chi connectivity index (χ1n) is 13.5. The van der Waals surface area contributed by atoms with E-state index in [0.717, 1.165) is 56.0 Å². The van der Waals surface area contributed by atoms with Crippen molar-refractivity contribution in [1.82, 2.24) is 20.2 Å². The molecule has 11 heteroatoms. The van der Waals surface area contributed by atoms with Crippen molar-refractivity contribution in [3.05, 3.63) is 48.2 Å². The van der Waals surface area contributed by atoms with Gasteiger partial charge in [-0.15, -0.1) is 0 Å². The van der Waals surface area contributed by atoms with Crippen molar-refractivity contribution >= 4 is 28.8 Å². The lowest BCUT2D eigenvalue weighted by Gasteiger charge is -2.36. The van der Waals surface area contributed by atoms with E-state index in [1.54, 1.807) is 18.5 Å². The van der Waals surface area contributed by atoms with Crippen LogP contribution >= 0.6 is 0 Å². The molecule has 1 aromatic heterocycles. The summed E-state index contributed by atoms with van der Waals surface area (Å²) in [5.41, 5.74) is 8.25. The Kier molecular flexibility index (Phi) is 7.99. The summed E-state index contributed by atoms with van der Waals surface area (Å²) in [6.45, 7) is 8.64. The van der Waals surface area contributed by atoms with E-state index in [0.29, 0.717) is 31.9 Å². The number of hydrogen-bond donors (Lipinski definition) is 3. The Bertz CT molecular complexity index is 1220. The predicted octanol–water partition coefficient (Wildman–Crippen LogP) is 1.55. The zero-order chi connectivity index (χ0) is 27.4. The lowest BCUT2D eigenvalue weighted by atomic mass is 10.0. The summed E-state index contributed by atoms with van der Waals surface area (Å²) >= 11 is 0. The largest absolute Gasteiger partial charge is 0.487 e. The van der Waals surface area contributed by atoms with E-state index in [1.165, 1.54) is 6.20 Å². The summed E-state index contributed by atoms with van der Waals surface area (Å²) in [5.74, 6) is 0.718. The average Bonchev–Trinajstić information content (AvgIpc) is 3.54.